The van der Waals surface area contributed by atoms with Gasteiger partial charge in [0.15, 0.2) is 0 Å². The van der Waals surface area contributed by atoms with Crippen LogP contribution in [0.15, 0.2) is 0 Å². The topological polar surface area (TPSA) is 96.3 Å². The van der Waals surface area contributed by atoms with Gasteiger partial charge < -0.3 is 24.6 Å². The molecule has 0 rings (SSSR count). The maximum atomic E-state index is 12.7. The predicted octanol–water partition coefficient (Wildman–Crippen LogP) is 11.2. The van der Waals surface area contributed by atoms with Crippen molar-refractivity contribution in [1.29, 1.82) is 0 Å². The van der Waals surface area contributed by atoms with Gasteiger partial charge >= 0.3 is 11.9 Å². The van der Waals surface area contributed by atoms with E-state index < -0.39 is 6.10 Å². The van der Waals surface area contributed by atoms with Crippen molar-refractivity contribution in [3.05, 3.63) is 0 Å². The molecule has 7 nitrogen and oxygen atoms in total. The molecule has 0 spiro atoms. The standard InChI is InChI=1S/C43H85NO6/c1-4-7-10-13-16-22-30-37-49-42(47)33-27-23-29-36-44(38-40(46)39-45)35-28-21-17-20-26-34-43(48)50-41(31-24-18-14-11-8-5-2)32-25-19-15-12-9-6-3/h40-41,45-46H,4-39H2,1-3H3. The third-order valence-corrected chi connectivity index (χ3v) is 9.96. The van der Waals surface area contributed by atoms with Crippen molar-refractivity contribution >= 4 is 11.9 Å². The molecule has 0 aliphatic rings. The molecule has 0 heterocycles. The van der Waals surface area contributed by atoms with Gasteiger partial charge in [0.25, 0.3) is 0 Å². The van der Waals surface area contributed by atoms with E-state index in [0.717, 1.165) is 103 Å². The molecule has 0 aromatic carbocycles. The highest BCUT2D eigenvalue weighted by Crippen LogP contribution is 2.18. The molecular formula is C43H85NO6. The summed E-state index contributed by atoms with van der Waals surface area (Å²) in [6.45, 7) is 9.27. The van der Waals surface area contributed by atoms with Crippen LogP contribution >= 0.6 is 0 Å². The minimum Gasteiger partial charge on any atom is -0.466 e. The second-order valence-corrected chi connectivity index (χ2v) is 15.0. The summed E-state index contributed by atoms with van der Waals surface area (Å²) in [6.07, 6.45) is 34.0. The summed E-state index contributed by atoms with van der Waals surface area (Å²) in [6, 6.07) is 0. The molecule has 0 saturated carbocycles. The van der Waals surface area contributed by atoms with Crippen LogP contribution in [0.4, 0.5) is 0 Å². The number of unbranched alkanes of at least 4 members (excludes halogenated alkanes) is 22. The molecule has 0 amide bonds. The van der Waals surface area contributed by atoms with Gasteiger partial charge in [-0.3, -0.25) is 9.59 Å². The zero-order chi connectivity index (χ0) is 36.8. The van der Waals surface area contributed by atoms with Crippen molar-refractivity contribution in [3.63, 3.8) is 0 Å². The summed E-state index contributed by atoms with van der Waals surface area (Å²) in [4.78, 5) is 27.0. The monoisotopic (exact) mass is 712 g/mol. The average molecular weight is 712 g/mol. The Morgan fingerprint density at radius 3 is 1.42 bits per heavy atom. The van der Waals surface area contributed by atoms with Gasteiger partial charge in [-0.15, -0.1) is 0 Å². The zero-order valence-electron chi connectivity index (χ0n) is 33.6. The van der Waals surface area contributed by atoms with E-state index in [1.54, 1.807) is 0 Å². The summed E-state index contributed by atoms with van der Waals surface area (Å²) >= 11 is 0. The maximum Gasteiger partial charge on any atom is 0.306 e. The van der Waals surface area contributed by atoms with Crippen LogP contribution in [0.3, 0.4) is 0 Å². The molecular weight excluding hydrogens is 626 g/mol. The maximum absolute atomic E-state index is 12.7. The van der Waals surface area contributed by atoms with Crippen molar-refractivity contribution in [2.45, 2.75) is 232 Å². The van der Waals surface area contributed by atoms with Gasteiger partial charge in [-0.1, -0.05) is 149 Å². The number of aliphatic hydroxyl groups excluding tert-OH is 2. The van der Waals surface area contributed by atoms with E-state index in [4.69, 9.17) is 9.47 Å². The molecule has 0 aliphatic heterocycles. The largest absolute Gasteiger partial charge is 0.466 e. The Balaban J connectivity index is 4.17. The summed E-state index contributed by atoms with van der Waals surface area (Å²) < 4.78 is 11.4. The zero-order valence-corrected chi connectivity index (χ0v) is 33.6. The number of carbonyl (C=O) groups is 2. The predicted molar refractivity (Wildman–Crippen MR) is 211 cm³/mol. The van der Waals surface area contributed by atoms with Gasteiger partial charge in [-0.25, -0.2) is 0 Å². The number of hydrogen-bond donors (Lipinski definition) is 2. The molecule has 0 saturated heterocycles. The number of hydrogen-bond acceptors (Lipinski definition) is 7. The summed E-state index contributed by atoms with van der Waals surface area (Å²) in [5, 5.41) is 19.4. The lowest BCUT2D eigenvalue weighted by molar-refractivity contribution is -0.150. The lowest BCUT2D eigenvalue weighted by Gasteiger charge is -2.24. The Kier molecular flexibility index (Phi) is 38.1. The van der Waals surface area contributed by atoms with Crippen molar-refractivity contribution in [1.82, 2.24) is 4.90 Å². The number of carbonyl (C=O) groups excluding carboxylic acids is 2. The summed E-state index contributed by atoms with van der Waals surface area (Å²) in [7, 11) is 0. The number of nitrogens with zero attached hydrogens (tertiary/aromatic N) is 1. The summed E-state index contributed by atoms with van der Waals surface area (Å²) in [5.74, 6) is -0.101. The van der Waals surface area contributed by atoms with E-state index in [9.17, 15) is 19.8 Å². The fourth-order valence-electron chi connectivity index (χ4n) is 6.70. The lowest BCUT2D eigenvalue weighted by atomic mass is 10.0. The van der Waals surface area contributed by atoms with Crippen LogP contribution in [0.25, 0.3) is 0 Å². The fourth-order valence-corrected chi connectivity index (χ4v) is 6.70. The molecule has 1 atom stereocenters. The van der Waals surface area contributed by atoms with Crippen LogP contribution < -0.4 is 0 Å². The van der Waals surface area contributed by atoms with Crippen molar-refractivity contribution in [2.75, 3.05) is 32.8 Å². The van der Waals surface area contributed by atoms with Crippen LogP contribution in [0.1, 0.15) is 220 Å². The SMILES string of the molecule is CCCCCCCCCOC(=O)CCCCCN(CCCCCCCC(=O)OC(CCCCCCCC)CCCCCCCC)CC(O)CO. The molecule has 7 heteroatoms. The highest BCUT2D eigenvalue weighted by Gasteiger charge is 2.15. The number of rotatable bonds is 40. The van der Waals surface area contributed by atoms with E-state index in [0.29, 0.717) is 26.0 Å². The van der Waals surface area contributed by atoms with Crippen LogP contribution in [0, 0.1) is 0 Å². The van der Waals surface area contributed by atoms with E-state index in [2.05, 4.69) is 25.7 Å². The first-order valence-electron chi connectivity index (χ1n) is 21.8. The molecule has 0 fully saturated rings. The Labute approximate surface area is 310 Å². The molecule has 0 aromatic heterocycles. The van der Waals surface area contributed by atoms with E-state index in [1.807, 2.05) is 0 Å². The number of esters is 2. The minimum atomic E-state index is -0.728. The van der Waals surface area contributed by atoms with Crippen LogP contribution in [-0.2, 0) is 19.1 Å². The molecule has 1 unspecified atom stereocenters. The number of ether oxygens (including phenoxy) is 2. The van der Waals surface area contributed by atoms with Gasteiger partial charge in [-0.05, 0) is 70.9 Å². The van der Waals surface area contributed by atoms with Crippen LogP contribution in [-0.4, -0.2) is 72.1 Å². The smallest absolute Gasteiger partial charge is 0.306 e. The Hall–Kier alpha value is -1.18. The summed E-state index contributed by atoms with van der Waals surface area (Å²) in [5.41, 5.74) is 0. The molecule has 0 aliphatic carbocycles. The highest BCUT2D eigenvalue weighted by atomic mass is 16.5. The second kappa shape index (κ2) is 39.0. The second-order valence-electron chi connectivity index (χ2n) is 15.0. The first-order valence-corrected chi connectivity index (χ1v) is 21.8. The third-order valence-electron chi connectivity index (χ3n) is 9.96. The molecule has 0 bridgehead atoms. The molecule has 0 radical (unpaired) electrons. The van der Waals surface area contributed by atoms with Gasteiger partial charge in [0, 0.05) is 19.4 Å². The van der Waals surface area contributed by atoms with E-state index in [-0.39, 0.29) is 24.6 Å². The normalized spacial score (nSPS) is 12.2. The minimum absolute atomic E-state index is 0.0161. The molecule has 298 valence electrons. The van der Waals surface area contributed by atoms with Crippen LogP contribution in [0.2, 0.25) is 0 Å². The quantitative estimate of drug-likeness (QED) is 0.0482. The molecule has 0 aromatic rings. The molecule has 50 heavy (non-hydrogen) atoms. The van der Waals surface area contributed by atoms with Gasteiger partial charge in [-0.2, -0.15) is 0 Å². The van der Waals surface area contributed by atoms with Gasteiger partial charge in [0.1, 0.15) is 6.10 Å². The van der Waals surface area contributed by atoms with E-state index in [1.165, 1.54) is 96.3 Å². The van der Waals surface area contributed by atoms with Crippen molar-refractivity contribution in [2.24, 2.45) is 0 Å². The van der Waals surface area contributed by atoms with Gasteiger partial charge in [0.2, 0.25) is 0 Å². The van der Waals surface area contributed by atoms with Crippen molar-refractivity contribution < 1.29 is 29.3 Å². The first-order chi connectivity index (χ1) is 24.5. The van der Waals surface area contributed by atoms with Crippen LogP contribution in [0.5, 0.6) is 0 Å². The highest BCUT2D eigenvalue weighted by molar-refractivity contribution is 5.69. The Bertz CT molecular complexity index is 704. The van der Waals surface area contributed by atoms with Crippen molar-refractivity contribution in [3.8, 4) is 0 Å². The third kappa shape index (κ3) is 35.2. The Morgan fingerprint density at radius 1 is 0.520 bits per heavy atom. The Morgan fingerprint density at radius 2 is 0.920 bits per heavy atom. The van der Waals surface area contributed by atoms with E-state index >= 15 is 0 Å². The average Bonchev–Trinajstić information content (AvgIpc) is 3.11. The fraction of sp³-hybridized carbons (Fsp3) is 0.953. The molecule has 2 N–H and O–H groups in total. The first kappa shape index (κ1) is 48.8. The van der Waals surface area contributed by atoms with Gasteiger partial charge in [0.05, 0.1) is 19.3 Å². The number of aliphatic hydroxyl groups is 2. The lowest BCUT2D eigenvalue weighted by Crippen LogP contribution is -2.35.